The number of aliphatic hydroxyl groups is 7. The van der Waals surface area contributed by atoms with Crippen LogP contribution >= 0.6 is 0 Å². The number of carbonyl (C=O) groups excluding carboxylic acids is 7. The molecule has 0 spiro atoms. The summed E-state index contributed by atoms with van der Waals surface area (Å²) in [6.07, 6.45) is -6.83. The normalized spacial score (nSPS) is 28.6. The number of amides is 7. The van der Waals surface area contributed by atoms with E-state index in [2.05, 4.69) is 52.7 Å². The molecule has 0 aliphatic carbocycles. The molecule has 3 fully saturated rings. The van der Waals surface area contributed by atoms with Crippen LogP contribution in [0.2, 0.25) is 0 Å². The number of phenols is 1. The van der Waals surface area contributed by atoms with E-state index in [1.54, 1.807) is 0 Å². The average molecular weight is 1090 g/mol. The quantitative estimate of drug-likeness (QED) is 0.0477. The molecule has 7 amide bonds. The summed E-state index contributed by atoms with van der Waals surface area (Å²) in [7, 11) is 0. The maximum absolute atomic E-state index is 14.6. The van der Waals surface area contributed by atoms with Gasteiger partial charge in [-0.2, -0.15) is 0 Å². The van der Waals surface area contributed by atoms with Crippen LogP contribution in [0, 0.1) is 11.8 Å². The minimum absolute atomic E-state index is 0.0202. The fourth-order valence-corrected chi connectivity index (χ4v) is 10.2. The Bertz CT molecular complexity index is 2070. The number of benzene rings is 1. The summed E-state index contributed by atoms with van der Waals surface area (Å²) in [6.45, 7) is 6.57. The summed E-state index contributed by atoms with van der Waals surface area (Å²) >= 11 is 0. The number of nitrogens with two attached hydrogens (primary N) is 2. The van der Waals surface area contributed by atoms with Crippen molar-refractivity contribution in [2.45, 2.75) is 203 Å². The van der Waals surface area contributed by atoms with E-state index < -0.39 is 152 Å². The molecule has 3 saturated heterocycles. The van der Waals surface area contributed by atoms with E-state index in [0.29, 0.717) is 24.7 Å². The number of hydrogen-bond donors (Lipinski definition) is 16. The molecule has 3 heterocycles. The third kappa shape index (κ3) is 19.1. The number of unbranched alkanes of at least 4 members (excludes halogenated alkanes) is 5. The molecule has 0 bridgehead atoms. The Hall–Kier alpha value is -5.09. The zero-order valence-electron chi connectivity index (χ0n) is 45.0. The van der Waals surface area contributed by atoms with E-state index in [0.717, 1.165) is 55.2 Å². The van der Waals surface area contributed by atoms with E-state index in [9.17, 15) is 74.4 Å². The highest BCUT2D eigenvalue weighted by molar-refractivity contribution is 5.98. The lowest BCUT2D eigenvalue weighted by Gasteiger charge is -2.34. The van der Waals surface area contributed by atoms with Gasteiger partial charge in [0.15, 0.2) is 0 Å². The van der Waals surface area contributed by atoms with E-state index >= 15 is 0 Å². The predicted molar refractivity (Wildman–Crippen MR) is 280 cm³/mol. The molecule has 0 radical (unpaired) electrons. The highest BCUT2D eigenvalue weighted by atomic mass is 16.3. The Balaban J connectivity index is 1.73. The lowest BCUT2D eigenvalue weighted by Crippen LogP contribution is -2.64. The number of carbonyl (C=O) groups is 7. The van der Waals surface area contributed by atoms with Crippen LogP contribution in [0.25, 0.3) is 0 Å². The summed E-state index contributed by atoms with van der Waals surface area (Å²) in [5.74, 6) is -6.33. The van der Waals surface area contributed by atoms with Gasteiger partial charge in [-0.05, 0) is 62.3 Å². The van der Waals surface area contributed by atoms with Crippen molar-refractivity contribution >= 4 is 41.4 Å². The molecule has 0 saturated carbocycles. The standard InChI is InChI=1S/C52H88N10O15/c1-5-28(2)22-29(3)12-10-8-6-7-9-11-13-40(69)56-35-25-39(68)46(55-21-20-54)60-49(74)37-24-34(66)27-62(37)52(77)42(38(67)18-19-53)58-50(75)43(45(71)44(70)31-14-16-32(64)17-15-31)59-48(73)36-23-33(65)26-61(36)51(76)41(30(4)63)57-47(35)72/h14-17,28-30,33-39,41-46,55,63-68,70-71H,5-13,18-27,53-54H2,1-4H3,(H,56,69)(H,57,72)(H,58,75)(H,59,73)(H,60,74)/t28-,29+,30+,33+,34+,35?,36-,37-,38+,39+,41-,42-,43-,44-,45-,46?/m0/s1. The van der Waals surface area contributed by atoms with Crippen LogP contribution in [0.4, 0.5) is 0 Å². The number of nitrogens with zero attached hydrogens (tertiary/aromatic N) is 2. The van der Waals surface area contributed by atoms with Gasteiger partial charge in [0.1, 0.15) is 60.4 Å². The van der Waals surface area contributed by atoms with Crippen molar-refractivity contribution in [3.8, 4) is 5.75 Å². The molecule has 16 atom stereocenters. The van der Waals surface area contributed by atoms with Gasteiger partial charge >= 0.3 is 0 Å². The number of aliphatic hydroxyl groups excluding tert-OH is 7. The van der Waals surface area contributed by atoms with Gasteiger partial charge < -0.3 is 88.7 Å². The second kappa shape index (κ2) is 31.5. The number of rotatable bonds is 23. The minimum atomic E-state index is -2.28. The van der Waals surface area contributed by atoms with Gasteiger partial charge in [0, 0.05) is 51.9 Å². The fourth-order valence-electron chi connectivity index (χ4n) is 10.2. The lowest BCUT2D eigenvalue weighted by molar-refractivity contribution is -0.147. The van der Waals surface area contributed by atoms with Gasteiger partial charge in [-0.25, -0.2) is 0 Å². The molecular formula is C52H88N10O15. The summed E-state index contributed by atoms with van der Waals surface area (Å²) in [5.41, 5.74) is 11.5. The minimum Gasteiger partial charge on any atom is -0.508 e. The van der Waals surface area contributed by atoms with Crippen LogP contribution in [0.3, 0.4) is 0 Å². The first-order valence-corrected chi connectivity index (χ1v) is 27.3. The second-order valence-electron chi connectivity index (χ2n) is 21.3. The van der Waals surface area contributed by atoms with Crippen LogP contribution < -0.4 is 43.4 Å². The van der Waals surface area contributed by atoms with Crippen molar-refractivity contribution in [1.29, 1.82) is 0 Å². The van der Waals surface area contributed by atoms with Gasteiger partial charge in [-0.1, -0.05) is 77.8 Å². The highest BCUT2D eigenvalue weighted by Crippen LogP contribution is 2.27. The molecule has 436 valence electrons. The first kappa shape index (κ1) is 64.4. The number of phenolic OH excluding ortho intramolecular Hbond substituents is 1. The summed E-state index contributed by atoms with van der Waals surface area (Å²) in [5, 5.41) is 104. The maximum Gasteiger partial charge on any atom is 0.248 e. The van der Waals surface area contributed by atoms with Crippen molar-refractivity contribution in [3.05, 3.63) is 29.8 Å². The number of aromatic hydroxyl groups is 1. The Labute approximate surface area is 450 Å². The van der Waals surface area contributed by atoms with Gasteiger partial charge in [-0.15, -0.1) is 0 Å². The van der Waals surface area contributed by atoms with Crippen LogP contribution in [-0.2, 0) is 33.6 Å². The van der Waals surface area contributed by atoms with E-state index in [-0.39, 0.29) is 50.2 Å². The van der Waals surface area contributed by atoms with E-state index in [4.69, 9.17) is 11.5 Å². The monoisotopic (exact) mass is 1090 g/mol. The van der Waals surface area contributed by atoms with Crippen molar-refractivity contribution in [3.63, 3.8) is 0 Å². The average Bonchev–Trinajstić information content (AvgIpc) is 3.99. The molecule has 4 rings (SSSR count). The van der Waals surface area contributed by atoms with Crippen molar-refractivity contribution in [2.24, 2.45) is 23.3 Å². The number of fused-ring (bicyclic) bond motifs is 2. The smallest absolute Gasteiger partial charge is 0.248 e. The lowest BCUT2D eigenvalue weighted by atomic mass is 9.91. The molecule has 18 N–H and O–H groups in total. The molecule has 25 heteroatoms. The third-order valence-electron chi connectivity index (χ3n) is 14.8. The van der Waals surface area contributed by atoms with Crippen LogP contribution in [-0.4, -0.2) is 204 Å². The SMILES string of the molecule is CC[C@H](C)C[C@H](C)CCCCCCCCC(=O)NC1C[C@@H](O)C(NCCN)NC(=O)[C@@H]2C[C@@H](O)CN2C(=O)[C@H]([C@H](O)CCN)NC(=O)[C@H]([C@H](O)[C@@H](O)c2ccc(O)cc2)NC(=O)[C@@H]2C[C@@H](O)CN2C(=O)[C@H]([C@@H](C)O)NC1=O. The molecule has 1 aromatic rings. The predicted octanol–water partition coefficient (Wildman–Crippen LogP) is -3.31. The fraction of sp³-hybridized carbons (Fsp3) is 0.750. The Morgan fingerprint density at radius 2 is 1.22 bits per heavy atom. The van der Waals surface area contributed by atoms with Gasteiger partial charge in [0.25, 0.3) is 0 Å². The zero-order chi connectivity index (χ0) is 57.1. The first-order valence-electron chi connectivity index (χ1n) is 27.3. The van der Waals surface area contributed by atoms with Gasteiger partial charge in [0.2, 0.25) is 41.4 Å². The van der Waals surface area contributed by atoms with Crippen LogP contribution in [0.5, 0.6) is 5.75 Å². The third-order valence-corrected chi connectivity index (χ3v) is 14.8. The molecule has 0 aromatic heterocycles. The van der Waals surface area contributed by atoms with E-state index in [1.165, 1.54) is 30.7 Å². The Kier molecular flexibility index (Phi) is 26.4. The van der Waals surface area contributed by atoms with Crippen molar-refractivity contribution in [2.75, 3.05) is 32.7 Å². The first-order chi connectivity index (χ1) is 36.5. The summed E-state index contributed by atoms with van der Waals surface area (Å²) in [6, 6.07) is -6.18. The molecule has 3 aliphatic heterocycles. The number of nitrogens with one attached hydrogen (secondary N) is 6. The molecular weight excluding hydrogens is 1000 g/mol. The highest BCUT2D eigenvalue weighted by Gasteiger charge is 2.48. The molecule has 3 aliphatic rings. The van der Waals surface area contributed by atoms with E-state index in [1.807, 2.05) is 0 Å². The Morgan fingerprint density at radius 3 is 1.79 bits per heavy atom. The molecule has 77 heavy (non-hydrogen) atoms. The molecule has 2 unspecified atom stereocenters. The van der Waals surface area contributed by atoms with Crippen molar-refractivity contribution < 1.29 is 74.4 Å². The summed E-state index contributed by atoms with van der Waals surface area (Å²) < 4.78 is 0. The second-order valence-corrected chi connectivity index (χ2v) is 21.3. The van der Waals surface area contributed by atoms with Gasteiger partial charge in [0.05, 0.1) is 30.5 Å². The number of hydrogen-bond acceptors (Lipinski definition) is 18. The summed E-state index contributed by atoms with van der Waals surface area (Å²) in [4.78, 5) is 102. The largest absolute Gasteiger partial charge is 0.508 e. The van der Waals surface area contributed by atoms with Crippen molar-refractivity contribution in [1.82, 2.24) is 41.7 Å². The Morgan fingerprint density at radius 1 is 0.675 bits per heavy atom. The topological polar surface area (TPSA) is 412 Å². The van der Waals surface area contributed by atoms with Gasteiger partial charge in [-0.3, -0.25) is 38.9 Å². The maximum atomic E-state index is 14.6. The van der Waals surface area contributed by atoms with Crippen LogP contribution in [0.1, 0.15) is 129 Å². The molecule has 25 nitrogen and oxygen atoms in total. The van der Waals surface area contributed by atoms with Crippen LogP contribution in [0.15, 0.2) is 24.3 Å². The molecule has 1 aromatic carbocycles. The zero-order valence-corrected chi connectivity index (χ0v) is 45.0.